The third-order valence-corrected chi connectivity index (χ3v) is 13.0. The van der Waals surface area contributed by atoms with Gasteiger partial charge in [-0.1, -0.05) is 23.4 Å². The van der Waals surface area contributed by atoms with E-state index >= 15 is 0 Å². The average Bonchev–Trinajstić information content (AvgIpc) is 3.43. The zero-order chi connectivity index (χ0) is 39.4. The maximum atomic E-state index is 13.2. The van der Waals surface area contributed by atoms with Gasteiger partial charge in [-0.05, 0) is 106 Å². The van der Waals surface area contributed by atoms with E-state index < -0.39 is 29.7 Å². The zero-order valence-corrected chi connectivity index (χ0v) is 32.0. The standard InChI is InChI=1S/C44H41ClN6O6/c45-36-20-31(9-7-29(36)21-46)57-40-33-12-11-32(33)39(40)48-41(53)28-5-3-25(4-6-28)1-2-26-15-17-49(18-16-26)22-27-23-50(24-27)30-8-10-34-35(19-30)44(56)51(43(34)55)37-13-14-38(52)47-42(37)54/h3-10,19-20,26-27,32-33,37,39-40H,11-18,22-24H2,(H,48,53)(H,47,52,54). The van der Waals surface area contributed by atoms with Crippen molar-refractivity contribution in [1.82, 2.24) is 20.4 Å². The van der Waals surface area contributed by atoms with Gasteiger partial charge in [0.05, 0.1) is 27.8 Å². The number of nitriles is 1. The van der Waals surface area contributed by atoms with E-state index in [9.17, 15) is 24.0 Å². The molecule has 5 unspecified atom stereocenters. The van der Waals surface area contributed by atoms with Crippen LogP contribution in [-0.4, -0.2) is 90.2 Å². The summed E-state index contributed by atoms with van der Waals surface area (Å²) in [5, 5.41) is 15.0. The highest BCUT2D eigenvalue weighted by molar-refractivity contribution is 6.31. The number of carbonyl (C=O) groups is 5. The molecule has 0 spiro atoms. The van der Waals surface area contributed by atoms with Crippen molar-refractivity contribution < 1.29 is 28.7 Å². The van der Waals surface area contributed by atoms with Gasteiger partial charge in [0.15, 0.2) is 0 Å². The van der Waals surface area contributed by atoms with Crippen molar-refractivity contribution in [3.05, 3.63) is 93.5 Å². The lowest BCUT2D eigenvalue weighted by molar-refractivity contribution is -0.136. The minimum Gasteiger partial charge on any atom is -0.488 e. The Balaban J connectivity index is 0.718. The topological polar surface area (TPSA) is 152 Å². The summed E-state index contributed by atoms with van der Waals surface area (Å²) in [7, 11) is 0. The summed E-state index contributed by atoms with van der Waals surface area (Å²) < 4.78 is 6.25. The summed E-state index contributed by atoms with van der Waals surface area (Å²) in [6, 6.07) is 18.8. The number of hydrogen-bond donors (Lipinski definition) is 2. The first-order valence-corrected chi connectivity index (χ1v) is 20.1. The molecule has 0 aromatic heterocycles. The second kappa shape index (κ2) is 15.0. The van der Waals surface area contributed by atoms with Gasteiger partial charge in [-0.15, -0.1) is 0 Å². The van der Waals surface area contributed by atoms with Crippen molar-refractivity contribution in [2.45, 2.75) is 56.7 Å². The van der Waals surface area contributed by atoms with Crippen molar-refractivity contribution in [1.29, 1.82) is 5.26 Å². The highest BCUT2D eigenvalue weighted by Crippen LogP contribution is 2.52. The van der Waals surface area contributed by atoms with E-state index in [1.54, 1.807) is 30.3 Å². The predicted octanol–water partition coefficient (Wildman–Crippen LogP) is 4.40. The Bertz CT molecular complexity index is 2280. The largest absolute Gasteiger partial charge is 0.488 e. The van der Waals surface area contributed by atoms with Crippen LogP contribution in [0.3, 0.4) is 0 Å². The van der Waals surface area contributed by atoms with Crippen LogP contribution >= 0.6 is 11.6 Å². The number of nitrogens with zero attached hydrogens (tertiary/aromatic N) is 4. The van der Waals surface area contributed by atoms with Gasteiger partial charge in [0.25, 0.3) is 17.7 Å². The lowest BCUT2D eigenvalue weighted by Crippen LogP contribution is -2.69. The number of nitrogens with one attached hydrogen (secondary N) is 2. The third kappa shape index (κ3) is 7.02. The van der Waals surface area contributed by atoms with Gasteiger partial charge in [0, 0.05) is 66.7 Å². The Morgan fingerprint density at radius 3 is 2.35 bits per heavy atom. The number of fused-ring (bicyclic) bond motifs is 2. The number of likely N-dealkylation sites (tertiary alicyclic amines) is 1. The van der Waals surface area contributed by atoms with Crippen LogP contribution in [0.5, 0.6) is 5.75 Å². The van der Waals surface area contributed by atoms with Gasteiger partial charge in [0.2, 0.25) is 11.8 Å². The van der Waals surface area contributed by atoms with Crippen LogP contribution in [0.4, 0.5) is 5.69 Å². The number of imide groups is 2. The van der Waals surface area contributed by atoms with Crippen LogP contribution in [0.25, 0.3) is 0 Å². The van der Waals surface area contributed by atoms with Crippen LogP contribution in [0.1, 0.15) is 80.7 Å². The van der Waals surface area contributed by atoms with E-state index in [0.29, 0.717) is 56.7 Å². The number of halogens is 1. The first kappa shape index (κ1) is 36.9. The second-order valence-corrected chi connectivity index (χ2v) is 16.5. The molecule has 6 aliphatic rings. The molecule has 4 aliphatic heterocycles. The van der Waals surface area contributed by atoms with Crippen LogP contribution in [0.15, 0.2) is 60.7 Å². The van der Waals surface area contributed by atoms with E-state index in [1.165, 1.54) is 0 Å². The van der Waals surface area contributed by atoms with E-state index in [-0.39, 0.29) is 30.9 Å². The molecule has 5 amide bonds. The molecular formula is C44H41ClN6O6. The molecule has 12 nitrogen and oxygen atoms in total. The van der Waals surface area contributed by atoms with Crippen LogP contribution in [0, 0.1) is 46.8 Å². The molecular weight excluding hydrogens is 744 g/mol. The van der Waals surface area contributed by atoms with Crippen LogP contribution in [-0.2, 0) is 9.59 Å². The Kier molecular flexibility index (Phi) is 9.71. The molecule has 290 valence electrons. The smallest absolute Gasteiger partial charge is 0.262 e. The monoisotopic (exact) mass is 784 g/mol. The molecule has 57 heavy (non-hydrogen) atoms. The SMILES string of the molecule is N#Cc1ccc(OC2C3CCC3C2NC(=O)c2ccc(C#CC3CCN(CC4CN(c5ccc6c(c5)C(=O)N(C5CCC(=O)NC5=O)C6=O)C4)CC3)cc2)cc1Cl. The fraction of sp³-hybridized carbons (Fsp3) is 0.409. The molecule has 2 saturated carbocycles. The first-order valence-electron chi connectivity index (χ1n) is 19.7. The Morgan fingerprint density at radius 2 is 1.65 bits per heavy atom. The molecule has 5 atom stereocenters. The summed E-state index contributed by atoms with van der Waals surface area (Å²) in [6.07, 6.45) is 4.23. The van der Waals surface area contributed by atoms with E-state index in [1.807, 2.05) is 30.3 Å². The number of amides is 5. The maximum absolute atomic E-state index is 13.2. The van der Waals surface area contributed by atoms with E-state index in [4.69, 9.17) is 21.6 Å². The molecule has 3 aromatic carbocycles. The van der Waals surface area contributed by atoms with Gasteiger partial charge in [0.1, 0.15) is 24.0 Å². The summed E-state index contributed by atoms with van der Waals surface area (Å²) in [6.45, 7) is 4.66. The van der Waals surface area contributed by atoms with Crippen molar-refractivity contribution in [3.63, 3.8) is 0 Å². The van der Waals surface area contributed by atoms with Gasteiger partial charge >= 0.3 is 0 Å². The van der Waals surface area contributed by atoms with Crippen LogP contribution < -0.4 is 20.3 Å². The average molecular weight is 785 g/mol. The van der Waals surface area contributed by atoms with Crippen LogP contribution in [0.2, 0.25) is 5.02 Å². The molecule has 4 heterocycles. The molecule has 3 saturated heterocycles. The maximum Gasteiger partial charge on any atom is 0.262 e. The molecule has 5 fully saturated rings. The predicted molar refractivity (Wildman–Crippen MR) is 209 cm³/mol. The number of hydrogen-bond acceptors (Lipinski definition) is 9. The summed E-state index contributed by atoms with van der Waals surface area (Å²) in [5.41, 5.74) is 3.35. The van der Waals surface area contributed by atoms with Crippen molar-refractivity contribution in [2.75, 3.05) is 37.6 Å². The number of benzene rings is 3. The van der Waals surface area contributed by atoms with Gasteiger partial charge in [-0.3, -0.25) is 34.2 Å². The normalized spacial score (nSPS) is 25.8. The highest BCUT2D eigenvalue weighted by atomic mass is 35.5. The summed E-state index contributed by atoms with van der Waals surface area (Å²) in [5.74, 6) is 6.90. The Hall–Kier alpha value is -5.69. The molecule has 13 heteroatoms. The van der Waals surface area contributed by atoms with Gasteiger partial charge < -0.3 is 19.9 Å². The molecule has 0 bridgehead atoms. The first-order chi connectivity index (χ1) is 27.6. The van der Waals surface area contributed by atoms with Gasteiger partial charge in [-0.25, -0.2) is 0 Å². The molecule has 9 rings (SSSR count). The molecule has 2 aliphatic carbocycles. The quantitative estimate of drug-likeness (QED) is 0.250. The summed E-state index contributed by atoms with van der Waals surface area (Å²) in [4.78, 5) is 69.2. The summed E-state index contributed by atoms with van der Waals surface area (Å²) >= 11 is 6.21. The lowest BCUT2D eigenvalue weighted by Gasteiger charge is -2.58. The number of piperidine rings is 2. The number of carbonyl (C=O) groups excluding carboxylic acids is 5. The second-order valence-electron chi connectivity index (χ2n) is 16.1. The number of anilines is 1. The number of rotatable bonds is 8. The fourth-order valence-electron chi connectivity index (χ4n) is 9.24. The fourth-order valence-corrected chi connectivity index (χ4v) is 9.45. The minimum atomic E-state index is -0.971. The highest BCUT2D eigenvalue weighted by Gasteiger charge is 2.57. The Morgan fingerprint density at radius 1 is 0.895 bits per heavy atom. The molecule has 2 N–H and O–H groups in total. The molecule has 3 aromatic rings. The molecule has 0 radical (unpaired) electrons. The van der Waals surface area contributed by atoms with Crippen molar-refractivity contribution >= 4 is 46.8 Å². The lowest BCUT2D eigenvalue weighted by atomic mass is 9.54. The van der Waals surface area contributed by atoms with E-state index in [2.05, 4.69) is 38.3 Å². The van der Waals surface area contributed by atoms with Crippen molar-refractivity contribution in [2.24, 2.45) is 23.7 Å². The van der Waals surface area contributed by atoms with Crippen molar-refractivity contribution in [3.8, 4) is 23.7 Å². The third-order valence-electron chi connectivity index (χ3n) is 12.7. The minimum absolute atomic E-state index is 0.0782. The van der Waals surface area contributed by atoms with Gasteiger partial charge in [-0.2, -0.15) is 5.26 Å². The Labute approximate surface area is 335 Å². The zero-order valence-electron chi connectivity index (χ0n) is 31.2. The van der Waals surface area contributed by atoms with E-state index in [0.717, 1.165) is 74.6 Å². The number of ether oxygens (including phenoxy) is 1.